The summed E-state index contributed by atoms with van der Waals surface area (Å²) in [6.45, 7) is 4.08. The van der Waals surface area contributed by atoms with Crippen molar-refractivity contribution in [1.82, 2.24) is 0 Å². The number of benzene rings is 1. The molecule has 1 heterocycles. The van der Waals surface area contributed by atoms with Crippen LogP contribution in [0.3, 0.4) is 0 Å². The van der Waals surface area contributed by atoms with Crippen molar-refractivity contribution in [1.29, 1.82) is 0 Å². The molecule has 18 heavy (non-hydrogen) atoms. The van der Waals surface area contributed by atoms with Gasteiger partial charge < -0.3 is 5.32 Å². The molecule has 0 bridgehead atoms. The fourth-order valence-electron chi connectivity index (χ4n) is 2.40. The number of sulfone groups is 1. The number of aryl methyl sites for hydroxylation is 2. The zero-order chi connectivity index (χ0) is 13.3. The van der Waals surface area contributed by atoms with E-state index < -0.39 is 9.84 Å². The van der Waals surface area contributed by atoms with Crippen LogP contribution >= 0.6 is 15.9 Å². The van der Waals surface area contributed by atoms with Crippen molar-refractivity contribution in [2.75, 3.05) is 16.8 Å². The molecule has 5 heteroatoms. The Labute approximate surface area is 117 Å². The van der Waals surface area contributed by atoms with E-state index in [1.54, 1.807) is 0 Å². The van der Waals surface area contributed by atoms with Crippen LogP contribution in [0.5, 0.6) is 0 Å². The summed E-state index contributed by atoms with van der Waals surface area (Å²) in [4.78, 5) is 0. The van der Waals surface area contributed by atoms with Gasteiger partial charge in [-0.25, -0.2) is 8.42 Å². The van der Waals surface area contributed by atoms with E-state index in [1.807, 2.05) is 13.8 Å². The van der Waals surface area contributed by atoms with Crippen LogP contribution in [0, 0.1) is 13.8 Å². The molecular weight excluding hydrogens is 314 g/mol. The highest BCUT2D eigenvalue weighted by Gasteiger charge is 2.24. The van der Waals surface area contributed by atoms with E-state index in [1.165, 1.54) is 0 Å². The first kappa shape index (κ1) is 13.9. The van der Waals surface area contributed by atoms with Gasteiger partial charge in [0.05, 0.1) is 11.5 Å². The van der Waals surface area contributed by atoms with E-state index in [4.69, 9.17) is 0 Å². The predicted molar refractivity (Wildman–Crippen MR) is 78.9 cm³/mol. The number of hydrogen-bond acceptors (Lipinski definition) is 3. The number of anilines is 1. The third kappa shape index (κ3) is 3.26. The highest BCUT2D eigenvalue weighted by atomic mass is 79.9. The molecule has 0 saturated carbocycles. The Morgan fingerprint density at radius 3 is 2.44 bits per heavy atom. The van der Waals surface area contributed by atoms with Crippen molar-refractivity contribution in [3.8, 4) is 0 Å². The molecule has 1 saturated heterocycles. The fourth-order valence-corrected chi connectivity index (χ4v) is 4.27. The average molecular weight is 332 g/mol. The van der Waals surface area contributed by atoms with Gasteiger partial charge in [-0.05, 0) is 49.9 Å². The lowest BCUT2D eigenvalue weighted by molar-refractivity contribution is 0.562. The van der Waals surface area contributed by atoms with Crippen molar-refractivity contribution < 1.29 is 8.42 Å². The van der Waals surface area contributed by atoms with E-state index in [-0.39, 0.29) is 11.8 Å². The maximum absolute atomic E-state index is 11.6. The first-order valence-corrected chi connectivity index (χ1v) is 8.72. The fraction of sp³-hybridized carbons (Fsp3) is 0.538. The van der Waals surface area contributed by atoms with Gasteiger partial charge in [0, 0.05) is 16.2 Å². The zero-order valence-corrected chi connectivity index (χ0v) is 13.1. The molecule has 1 aromatic carbocycles. The summed E-state index contributed by atoms with van der Waals surface area (Å²) >= 11 is 3.53. The van der Waals surface area contributed by atoms with E-state index in [2.05, 4.69) is 33.4 Å². The first-order valence-electron chi connectivity index (χ1n) is 6.11. The number of hydrogen-bond donors (Lipinski definition) is 1. The van der Waals surface area contributed by atoms with Crippen molar-refractivity contribution in [3.05, 3.63) is 27.7 Å². The molecule has 1 fully saturated rings. The number of rotatable bonds is 2. The second-order valence-electron chi connectivity index (χ2n) is 5.02. The van der Waals surface area contributed by atoms with Gasteiger partial charge >= 0.3 is 0 Å². The third-order valence-electron chi connectivity index (χ3n) is 3.27. The second kappa shape index (κ2) is 5.21. The summed E-state index contributed by atoms with van der Waals surface area (Å²) in [7, 11) is -2.85. The van der Waals surface area contributed by atoms with Crippen LogP contribution in [0.2, 0.25) is 0 Å². The number of nitrogens with one attached hydrogen (secondary N) is 1. The molecule has 0 spiro atoms. The van der Waals surface area contributed by atoms with Gasteiger partial charge in [0.2, 0.25) is 0 Å². The van der Waals surface area contributed by atoms with Crippen LogP contribution in [0.25, 0.3) is 0 Å². The van der Waals surface area contributed by atoms with Crippen LogP contribution < -0.4 is 5.32 Å². The van der Waals surface area contributed by atoms with Crippen molar-refractivity contribution in [2.45, 2.75) is 32.7 Å². The van der Waals surface area contributed by atoms with Gasteiger partial charge in [0.15, 0.2) is 9.84 Å². The summed E-state index contributed by atoms with van der Waals surface area (Å²) in [5.74, 6) is 0.588. The van der Waals surface area contributed by atoms with Crippen LogP contribution in [0.15, 0.2) is 16.6 Å². The molecule has 2 rings (SSSR count). The van der Waals surface area contributed by atoms with Crippen molar-refractivity contribution >= 4 is 31.5 Å². The van der Waals surface area contributed by atoms with Gasteiger partial charge in [-0.15, -0.1) is 0 Å². The average Bonchev–Trinajstić information content (AvgIpc) is 2.24. The molecule has 1 atom stereocenters. The summed E-state index contributed by atoms with van der Waals surface area (Å²) in [6, 6.07) is 4.15. The van der Waals surface area contributed by atoms with E-state index in [0.717, 1.165) is 34.1 Å². The van der Waals surface area contributed by atoms with Gasteiger partial charge in [-0.2, -0.15) is 0 Å². The minimum absolute atomic E-state index is 0.0451. The Morgan fingerprint density at radius 2 is 1.89 bits per heavy atom. The van der Waals surface area contributed by atoms with Gasteiger partial charge in [0.1, 0.15) is 0 Å². The minimum Gasteiger partial charge on any atom is -0.381 e. The molecule has 0 aromatic heterocycles. The van der Waals surface area contributed by atoms with Gasteiger partial charge in [-0.1, -0.05) is 15.9 Å². The molecule has 0 aliphatic carbocycles. The molecule has 1 aliphatic rings. The normalized spacial score (nSPS) is 22.7. The standard InChI is InChI=1S/C13H18BrNO2S/c1-9-6-12(7-10(2)13(9)14)15-11-4-3-5-18(16,17)8-11/h6-7,11,15H,3-5,8H2,1-2H3. The first-order chi connectivity index (χ1) is 8.37. The molecular formula is C13H18BrNO2S. The molecule has 1 unspecified atom stereocenters. The monoisotopic (exact) mass is 331 g/mol. The third-order valence-corrected chi connectivity index (χ3v) is 6.34. The molecule has 3 nitrogen and oxygen atoms in total. The highest BCUT2D eigenvalue weighted by molar-refractivity contribution is 9.10. The van der Waals surface area contributed by atoms with E-state index in [9.17, 15) is 8.42 Å². The lowest BCUT2D eigenvalue weighted by atomic mass is 10.1. The molecule has 1 aromatic rings. The van der Waals surface area contributed by atoms with Crippen LogP contribution in [0.4, 0.5) is 5.69 Å². The smallest absolute Gasteiger partial charge is 0.152 e. The summed E-state index contributed by atoms with van der Waals surface area (Å²) in [5, 5.41) is 3.35. The highest BCUT2D eigenvalue weighted by Crippen LogP contribution is 2.26. The van der Waals surface area contributed by atoms with Gasteiger partial charge in [0.25, 0.3) is 0 Å². The maximum Gasteiger partial charge on any atom is 0.152 e. The Hall–Kier alpha value is -0.550. The van der Waals surface area contributed by atoms with Crippen LogP contribution in [-0.2, 0) is 9.84 Å². The van der Waals surface area contributed by atoms with Gasteiger partial charge in [-0.3, -0.25) is 0 Å². The topological polar surface area (TPSA) is 46.2 Å². The Kier molecular flexibility index (Phi) is 4.02. The molecule has 1 N–H and O–H groups in total. The molecule has 1 aliphatic heterocycles. The van der Waals surface area contributed by atoms with Crippen molar-refractivity contribution in [3.63, 3.8) is 0 Å². The quantitative estimate of drug-likeness (QED) is 0.905. The summed E-state index contributed by atoms with van der Waals surface area (Å²) in [6.07, 6.45) is 1.68. The predicted octanol–water partition coefficient (Wildman–Crippen LogP) is 3.06. The van der Waals surface area contributed by atoms with E-state index >= 15 is 0 Å². The minimum atomic E-state index is -2.85. The maximum atomic E-state index is 11.6. The Morgan fingerprint density at radius 1 is 1.28 bits per heavy atom. The SMILES string of the molecule is Cc1cc(NC2CCCS(=O)(=O)C2)cc(C)c1Br. The molecule has 0 amide bonds. The molecule has 100 valence electrons. The second-order valence-corrected chi connectivity index (χ2v) is 8.04. The van der Waals surface area contributed by atoms with E-state index in [0.29, 0.717) is 5.75 Å². The largest absolute Gasteiger partial charge is 0.381 e. The Bertz CT molecular complexity index is 531. The lowest BCUT2D eigenvalue weighted by Crippen LogP contribution is -2.34. The summed E-state index contributed by atoms with van der Waals surface area (Å²) < 4.78 is 24.3. The van der Waals surface area contributed by atoms with Crippen LogP contribution in [0.1, 0.15) is 24.0 Å². The van der Waals surface area contributed by atoms with Crippen LogP contribution in [-0.4, -0.2) is 26.0 Å². The number of halogens is 1. The Balaban J connectivity index is 2.15. The summed E-state index contributed by atoms with van der Waals surface area (Å²) in [5.41, 5.74) is 3.34. The lowest BCUT2D eigenvalue weighted by Gasteiger charge is -2.24. The molecule has 0 radical (unpaired) electrons. The van der Waals surface area contributed by atoms with Crippen molar-refractivity contribution in [2.24, 2.45) is 0 Å². The zero-order valence-electron chi connectivity index (χ0n) is 10.7.